The van der Waals surface area contributed by atoms with Gasteiger partial charge in [-0.3, -0.25) is 24.9 Å². The molecular formula is C93H149N5. The molecule has 0 N–H and O–H groups in total. The predicted molar refractivity (Wildman–Crippen MR) is 436 cm³/mol. The Hall–Kier alpha value is -5.81. The van der Waals surface area contributed by atoms with Gasteiger partial charge >= 0.3 is 0 Å². The number of hydrogen-bond acceptors (Lipinski definition) is 5. The second-order valence-electron chi connectivity index (χ2n) is 41.8. The van der Waals surface area contributed by atoms with E-state index in [9.17, 15) is 0 Å². The van der Waals surface area contributed by atoms with E-state index in [0.717, 1.165) is 11.4 Å². The molecule has 98 heavy (non-hydrogen) atoms. The van der Waals surface area contributed by atoms with Gasteiger partial charge in [-0.25, -0.2) is 0 Å². The number of rotatable bonds is 0. The van der Waals surface area contributed by atoms with Gasteiger partial charge in [0.1, 0.15) is 0 Å². The summed E-state index contributed by atoms with van der Waals surface area (Å²) in [6, 6.07) is 37.5. The Balaban J connectivity index is 0.000000572. The molecule has 0 saturated carbocycles. The first-order valence-corrected chi connectivity index (χ1v) is 36.5. The first-order valence-electron chi connectivity index (χ1n) is 36.5. The highest BCUT2D eigenvalue weighted by atomic mass is 14.7. The van der Waals surface area contributed by atoms with E-state index in [1.54, 1.807) is 0 Å². The summed E-state index contributed by atoms with van der Waals surface area (Å²) in [6.07, 6.45) is 11.8. The minimum absolute atomic E-state index is 0.140. The third kappa shape index (κ3) is 32.7. The summed E-state index contributed by atoms with van der Waals surface area (Å²) < 4.78 is 0. The Morgan fingerprint density at radius 3 is 0.582 bits per heavy atom. The molecular weight excluding hydrogens is 1190 g/mol. The van der Waals surface area contributed by atoms with Crippen LogP contribution in [0.5, 0.6) is 0 Å². The summed E-state index contributed by atoms with van der Waals surface area (Å²) >= 11 is 0. The summed E-state index contributed by atoms with van der Waals surface area (Å²) in [5, 5.41) is 0. The summed E-state index contributed by atoms with van der Waals surface area (Å²) in [6.45, 7) is 93.3. The van der Waals surface area contributed by atoms with Gasteiger partial charge in [0, 0.05) is 81.6 Å². The summed E-state index contributed by atoms with van der Waals surface area (Å²) in [7, 11) is 0. The first-order chi connectivity index (χ1) is 43.5. The molecule has 7 aromatic rings. The average Bonchev–Trinajstić information content (AvgIpc) is 0.876. The van der Waals surface area contributed by atoms with E-state index >= 15 is 0 Å². The van der Waals surface area contributed by atoms with Crippen LogP contribution in [0.3, 0.4) is 0 Å². The molecule has 0 bridgehead atoms. The third-order valence-corrected chi connectivity index (χ3v) is 17.3. The van der Waals surface area contributed by atoms with Gasteiger partial charge in [0.15, 0.2) is 0 Å². The molecule has 0 aliphatic heterocycles. The van der Waals surface area contributed by atoms with Crippen LogP contribution in [-0.2, 0) is 75.8 Å². The van der Waals surface area contributed by atoms with Crippen LogP contribution in [0.1, 0.15) is 369 Å². The molecule has 7 rings (SSSR count). The van der Waals surface area contributed by atoms with Crippen LogP contribution in [0.2, 0.25) is 0 Å². The monoisotopic (exact) mass is 1340 g/mol. The highest BCUT2D eigenvalue weighted by Gasteiger charge is 2.25. The van der Waals surface area contributed by atoms with E-state index in [4.69, 9.17) is 0 Å². The van der Waals surface area contributed by atoms with Gasteiger partial charge in [-0.05, 0) is 146 Å². The number of hydrogen-bond donors (Lipinski definition) is 0. The van der Waals surface area contributed by atoms with E-state index in [-0.39, 0.29) is 75.8 Å². The van der Waals surface area contributed by atoms with Crippen LogP contribution in [0.4, 0.5) is 0 Å². The standard InChI is InChI=1S/2C14H22.5C13H21N/c1-13(2,3)11-7-9-12(10-8-11)14(4,5)6;1-13(2,3)11-8-7-9-12(10-11)14(4,5)6;1-12(2,3)10-7-11(9-14-8-10)13(4,5)6;2*1-12(2,3)10-7-8-14-11(9-10)13(4,5)6;2*1-12(2,3)10-7-8-11(14-9-10)13(4,5)6/h2*7-10H,1-6H3;5*7-9H,1-6H3. The minimum Gasteiger partial charge on any atom is -0.264 e. The van der Waals surface area contributed by atoms with Gasteiger partial charge < -0.3 is 0 Å². The zero-order valence-electron chi connectivity index (χ0n) is 71.5. The lowest BCUT2D eigenvalue weighted by atomic mass is 9.81. The lowest BCUT2D eigenvalue weighted by Crippen LogP contribution is -2.17. The first kappa shape index (κ1) is 90.2. The van der Waals surface area contributed by atoms with Crippen molar-refractivity contribution in [2.45, 2.75) is 367 Å². The fourth-order valence-electron chi connectivity index (χ4n) is 9.36. The van der Waals surface area contributed by atoms with Crippen LogP contribution in [0.15, 0.2) is 140 Å². The van der Waals surface area contributed by atoms with Crippen molar-refractivity contribution in [3.63, 3.8) is 0 Å². The Morgan fingerprint density at radius 1 is 0.163 bits per heavy atom. The molecule has 5 heteroatoms. The lowest BCUT2D eigenvalue weighted by Gasteiger charge is -2.24. The third-order valence-electron chi connectivity index (χ3n) is 17.3. The van der Waals surface area contributed by atoms with Crippen molar-refractivity contribution in [3.8, 4) is 0 Å². The quantitative estimate of drug-likeness (QED) is 0.151. The van der Waals surface area contributed by atoms with Crippen molar-refractivity contribution in [1.29, 1.82) is 0 Å². The van der Waals surface area contributed by atoms with E-state index in [1.165, 1.54) is 67.0 Å². The van der Waals surface area contributed by atoms with E-state index in [2.05, 4.69) is 419 Å². The molecule has 0 aliphatic carbocycles. The van der Waals surface area contributed by atoms with Crippen molar-refractivity contribution in [2.24, 2.45) is 0 Å². The molecule has 5 heterocycles. The lowest BCUT2D eigenvalue weighted by molar-refractivity contribution is 0.552. The van der Waals surface area contributed by atoms with E-state index in [0.29, 0.717) is 0 Å². The number of nitrogens with zero attached hydrogens (tertiary/aromatic N) is 5. The zero-order chi connectivity index (χ0) is 76.9. The molecule has 0 fully saturated rings. The highest BCUT2D eigenvalue weighted by molar-refractivity contribution is 5.35. The van der Waals surface area contributed by atoms with Crippen molar-refractivity contribution in [3.05, 3.63) is 219 Å². The maximum atomic E-state index is 4.52. The summed E-state index contributed by atoms with van der Waals surface area (Å²) in [4.78, 5) is 22.2. The van der Waals surface area contributed by atoms with Crippen LogP contribution in [0, 0.1) is 0 Å². The minimum atomic E-state index is 0.140. The molecule has 0 spiro atoms. The Kier molecular flexibility index (Phi) is 31.1. The van der Waals surface area contributed by atoms with Gasteiger partial charge in [-0.1, -0.05) is 358 Å². The van der Waals surface area contributed by atoms with Crippen LogP contribution in [0.25, 0.3) is 0 Å². The molecule has 5 nitrogen and oxygen atoms in total. The molecule has 5 aromatic heterocycles. The smallest absolute Gasteiger partial charge is 0.0459 e. The molecule has 0 unspecified atom stereocenters. The predicted octanol–water partition coefficient (Wildman–Crippen LogP) is 26.9. The average molecular weight is 1340 g/mol. The highest BCUT2D eigenvalue weighted by Crippen LogP contribution is 2.34. The van der Waals surface area contributed by atoms with Crippen molar-refractivity contribution >= 4 is 0 Å². The van der Waals surface area contributed by atoms with Crippen LogP contribution >= 0.6 is 0 Å². The zero-order valence-corrected chi connectivity index (χ0v) is 71.5. The normalized spacial score (nSPS) is 13.0. The number of pyridine rings is 5. The molecule has 2 aromatic carbocycles. The van der Waals surface area contributed by atoms with Gasteiger partial charge in [-0.2, -0.15) is 0 Å². The number of benzene rings is 2. The summed E-state index contributed by atoms with van der Waals surface area (Å²) in [5.74, 6) is 0. The van der Waals surface area contributed by atoms with Gasteiger partial charge in [0.25, 0.3) is 0 Å². The van der Waals surface area contributed by atoms with Crippen molar-refractivity contribution in [2.75, 3.05) is 0 Å². The SMILES string of the molecule is CC(C)(C)c1ccc(C(C)(C)C)cc1.CC(C)(C)c1ccc(C(C)(C)C)nc1.CC(C)(C)c1ccc(C(C)(C)C)nc1.CC(C)(C)c1cccc(C(C)(C)C)c1.CC(C)(C)c1ccnc(C(C)(C)C)c1.CC(C)(C)c1ccnc(C(C)(C)C)c1.CC(C)(C)c1cncc(C(C)(C)C)c1. The molecule has 0 radical (unpaired) electrons. The second kappa shape index (κ2) is 33.8. The summed E-state index contributed by atoms with van der Waals surface area (Å²) in [5.41, 5.74) is 21.0. The Morgan fingerprint density at radius 2 is 0.378 bits per heavy atom. The molecule has 0 saturated heterocycles. The Labute approximate surface area is 606 Å². The van der Waals surface area contributed by atoms with Gasteiger partial charge in [0.05, 0.1) is 0 Å². The fraction of sp³-hybridized carbons (Fsp3) is 0.602. The van der Waals surface area contributed by atoms with Gasteiger partial charge in [-0.15, -0.1) is 0 Å². The number of aromatic nitrogens is 5. The maximum absolute atomic E-state index is 4.52. The fourth-order valence-corrected chi connectivity index (χ4v) is 9.36. The maximum Gasteiger partial charge on any atom is 0.0459 e. The van der Waals surface area contributed by atoms with Crippen LogP contribution < -0.4 is 0 Å². The van der Waals surface area contributed by atoms with Crippen LogP contribution in [-0.4, -0.2) is 24.9 Å². The second-order valence-corrected chi connectivity index (χ2v) is 41.8. The molecule has 0 atom stereocenters. The van der Waals surface area contributed by atoms with Crippen molar-refractivity contribution < 1.29 is 0 Å². The Bertz CT molecular complexity index is 2810. The van der Waals surface area contributed by atoms with E-state index < -0.39 is 0 Å². The molecule has 0 aliphatic rings. The van der Waals surface area contributed by atoms with Gasteiger partial charge in [0.2, 0.25) is 0 Å². The van der Waals surface area contributed by atoms with E-state index in [1.807, 2.05) is 37.2 Å². The molecule has 546 valence electrons. The topological polar surface area (TPSA) is 64.5 Å². The largest absolute Gasteiger partial charge is 0.264 e. The van der Waals surface area contributed by atoms with Crippen molar-refractivity contribution in [1.82, 2.24) is 24.9 Å². The molecule has 0 amide bonds.